The number of carbonyl (C=O) groups is 1. The maximum absolute atomic E-state index is 11.8. The van der Waals surface area contributed by atoms with Crippen molar-refractivity contribution in [1.29, 1.82) is 0 Å². The van der Waals surface area contributed by atoms with Crippen LogP contribution < -0.4 is 11.1 Å². The molecular weight excluding hydrogens is 242 g/mol. The van der Waals surface area contributed by atoms with E-state index in [-0.39, 0.29) is 17.3 Å². The van der Waals surface area contributed by atoms with Crippen LogP contribution in [-0.4, -0.2) is 42.1 Å². The van der Waals surface area contributed by atoms with E-state index in [4.69, 9.17) is 5.73 Å². The Kier molecular flexibility index (Phi) is 6.15. The first-order chi connectivity index (χ1) is 9.08. The van der Waals surface area contributed by atoms with Gasteiger partial charge in [0.25, 0.3) is 5.91 Å². The zero-order chi connectivity index (χ0) is 14.3. The largest absolute Gasteiger partial charge is 0.506 e. The fourth-order valence-corrected chi connectivity index (χ4v) is 1.83. The molecule has 0 atom stereocenters. The van der Waals surface area contributed by atoms with Crippen molar-refractivity contribution < 1.29 is 9.90 Å². The molecule has 0 aliphatic carbocycles. The smallest absolute Gasteiger partial charge is 0.251 e. The minimum absolute atomic E-state index is 0.0595. The molecule has 5 heteroatoms. The number of aromatic hydroxyl groups is 1. The molecule has 4 N–H and O–H groups in total. The van der Waals surface area contributed by atoms with Crippen molar-refractivity contribution in [3.05, 3.63) is 23.8 Å². The molecule has 19 heavy (non-hydrogen) atoms. The SMILES string of the molecule is CCN(CC)CCCNC(=O)c1ccc(N)c(O)c1. The van der Waals surface area contributed by atoms with Crippen molar-refractivity contribution in [3.63, 3.8) is 0 Å². The van der Waals surface area contributed by atoms with Gasteiger partial charge in [0.15, 0.2) is 0 Å². The third-order valence-corrected chi connectivity index (χ3v) is 3.12. The summed E-state index contributed by atoms with van der Waals surface area (Å²) in [6.07, 6.45) is 0.911. The molecule has 0 saturated carbocycles. The maximum atomic E-state index is 11.8. The normalized spacial score (nSPS) is 10.7. The number of nitrogens with two attached hydrogens (primary N) is 1. The van der Waals surface area contributed by atoms with E-state index in [2.05, 4.69) is 24.1 Å². The number of nitrogens with one attached hydrogen (secondary N) is 1. The summed E-state index contributed by atoms with van der Waals surface area (Å²) in [5.41, 5.74) is 6.19. The Morgan fingerprint density at radius 3 is 2.63 bits per heavy atom. The molecule has 0 aliphatic rings. The Hall–Kier alpha value is -1.75. The Morgan fingerprint density at radius 2 is 2.05 bits per heavy atom. The summed E-state index contributed by atoms with van der Waals surface area (Å²) in [6.45, 7) is 7.89. The van der Waals surface area contributed by atoms with Gasteiger partial charge in [0.1, 0.15) is 5.75 Å². The van der Waals surface area contributed by atoms with E-state index in [0.717, 1.165) is 26.1 Å². The van der Waals surface area contributed by atoms with Gasteiger partial charge in [-0.05, 0) is 44.3 Å². The van der Waals surface area contributed by atoms with Crippen molar-refractivity contribution >= 4 is 11.6 Å². The Balaban J connectivity index is 2.37. The highest BCUT2D eigenvalue weighted by molar-refractivity contribution is 5.95. The molecule has 0 heterocycles. The lowest BCUT2D eigenvalue weighted by molar-refractivity contribution is 0.0951. The van der Waals surface area contributed by atoms with E-state index >= 15 is 0 Å². The van der Waals surface area contributed by atoms with E-state index in [1.54, 1.807) is 6.07 Å². The van der Waals surface area contributed by atoms with Crippen LogP contribution in [0.25, 0.3) is 0 Å². The number of rotatable bonds is 7. The predicted octanol–water partition coefficient (Wildman–Crippen LogP) is 1.44. The van der Waals surface area contributed by atoms with Crippen LogP contribution in [0.4, 0.5) is 5.69 Å². The molecule has 0 saturated heterocycles. The monoisotopic (exact) mass is 265 g/mol. The molecule has 1 aromatic carbocycles. The molecule has 0 unspecified atom stereocenters. The van der Waals surface area contributed by atoms with Gasteiger partial charge in [0.2, 0.25) is 0 Å². The Bertz CT molecular complexity index is 417. The van der Waals surface area contributed by atoms with Crippen molar-refractivity contribution in [3.8, 4) is 5.75 Å². The van der Waals surface area contributed by atoms with Crippen LogP contribution in [0.2, 0.25) is 0 Å². The van der Waals surface area contributed by atoms with Gasteiger partial charge in [0, 0.05) is 12.1 Å². The van der Waals surface area contributed by atoms with Crippen molar-refractivity contribution in [2.24, 2.45) is 0 Å². The van der Waals surface area contributed by atoms with E-state index in [9.17, 15) is 9.90 Å². The van der Waals surface area contributed by atoms with E-state index in [1.165, 1.54) is 12.1 Å². The lowest BCUT2D eigenvalue weighted by Crippen LogP contribution is -2.29. The Morgan fingerprint density at radius 1 is 1.37 bits per heavy atom. The van der Waals surface area contributed by atoms with Crippen LogP contribution in [0.1, 0.15) is 30.6 Å². The average Bonchev–Trinajstić information content (AvgIpc) is 2.42. The molecule has 1 amide bonds. The van der Waals surface area contributed by atoms with Gasteiger partial charge in [-0.2, -0.15) is 0 Å². The fraction of sp³-hybridized carbons (Fsp3) is 0.500. The number of nitrogen functional groups attached to an aromatic ring is 1. The van der Waals surface area contributed by atoms with Gasteiger partial charge in [0.05, 0.1) is 5.69 Å². The predicted molar refractivity (Wildman–Crippen MR) is 77.3 cm³/mol. The third kappa shape index (κ3) is 4.79. The van der Waals surface area contributed by atoms with Gasteiger partial charge in [-0.1, -0.05) is 13.8 Å². The van der Waals surface area contributed by atoms with Crippen LogP contribution in [0, 0.1) is 0 Å². The van der Waals surface area contributed by atoms with Crippen molar-refractivity contribution in [2.75, 3.05) is 31.9 Å². The van der Waals surface area contributed by atoms with Crippen LogP contribution in [0.15, 0.2) is 18.2 Å². The molecule has 0 aliphatic heterocycles. The van der Waals surface area contributed by atoms with Crippen LogP contribution in [0.5, 0.6) is 5.75 Å². The molecule has 0 radical (unpaired) electrons. The van der Waals surface area contributed by atoms with Crippen molar-refractivity contribution in [1.82, 2.24) is 10.2 Å². The number of hydrogen-bond acceptors (Lipinski definition) is 4. The third-order valence-electron chi connectivity index (χ3n) is 3.12. The highest BCUT2D eigenvalue weighted by Crippen LogP contribution is 2.20. The fourth-order valence-electron chi connectivity index (χ4n) is 1.83. The summed E-state index contributed by atoms with van der Waals surface area (Å²) < 4.78 is 0. The number of phenols is 1. The van der Waals surface area contributed by atoms with Crippen molar-refractivity contribution in [2.45, 2.75) is 20.3 Å². The first kappa shape index (κ1) is 15.3. The molecule has 0 aromatic heterocycles. The average molecular weight is 265 g/mol. The molecule has 106 valence electrons. The van der Waals surface area contributed by atoms with E-state index in [0.29, 0.717) is 12.1 Å². The first-order valence-electron chi connectivity index (χ1n) is 6.67. The van der Waals surface area contributed by atoms with Gasteiger partial charge >= 0.3 is 0 Å². The van der Waals surface area contributed by atoms with E-state index < -0.39 is 0 Å². The first-order valence-corrected chi connectivity index (χ1v) is 6.67. The lowest BCUT2D eigenvalue weighted by atomic mass is 10.2. The van der Waals surface area contributed by atoms with Crippen LogP contribution in [-0.2, 0) is 0 Å². The number of phenolic OH excluding ortho intramolecular Hbond substituents is 1. The molecule has 0 fully saturated rings. The Labute approximate surface area is 114 Å². The zero-order valence-electron chi connectivity index (χ0n) is 11.6. The summed E-state index contributed by atoms with van der Waals surface area (Å²) >= 11 is 0. The van der Waals surface area contributed by atoms with Gasteiger partial charge < -0.3 is 21.1 Å². The summed E-state index contributed by atoms with van der Waals surface area (Å²) in [6, 6.07) is 4.52. The second kappa shape index (κ2) is 7.63. The quantitative estimate of drug-likeness (QED) is 0.396. The maximum Gasteiger partial charge on any atom is 0.251 e. The minimum atomic E-state index is -0.185. The topological polar surface area (TPSA) is 78.6 Å². The zero-order valence-corrected chi connectivity index (χ0v) is 11.6. The highest BCUT2D eigenvalue weighted by Gasteiger charge is 2.07. The second-order valence-electron chi connectivity index (χ2n) is 4.41. The number of carbonyl (C=O) groups excluding carboxylic acids is 1. The standard InChI is InChI=1S/C14H23N3O2/c1-3-17(4-2)9-5-8-16-14(19)11-6-7-12(15)13(18)10-11/h6-7,10,18H,3-5,8-9,15H2,1-2H3,(H,16,19). The summed E-state index contributed by atoms with van der Waals surface area (Å²) in [5, 5.41) is 12.3. The molecule has 5 nitrogen and oxygen atoms in total. The summed E-state index contributed by atoms with van der Waals surface area (Å²) in [5.74, 6) is -0.245. The van der Waals surface area contributed by atoms with Crippen LogP contribution >= 0.6 is 0 Å². The molecular formula is C14H23N3O2. The minimum Gasteiger partial charge on any atom is -0.506 e. The van der Waals surface area contributed by atoms with Gasteiger partial charge in [-0.15, -0.1) is 0 Å². The molecule has 0 spiro atoms. The molecule has 1 aromatic rings. The number of nitrogens with zero attached hydrogens (tertiary/aromatic N) is 1. The van der Waals surface area contributed by atoms with E-state index in [1.807, 2.05) is 0 Å². The van der Waals surface area contributed by atoms with Crippen LogP contribution in [0.3, 0.4) is 0 Å². The molecule has 1 rings (SSSR count). The summed E-state index contributed by atoms with van der Waals surface area (Å²) in [7, 11) is 0. The molecule has 0 bridgehead atoms. The van der Waals surface area contributed by atoms with Gasteiger partial charge in [-0.3, -0.25) is 4.79 Å². The lowest BCUT2D eigenvalue weighted by Gasteiger charge is -2.17. The number of hydrogen-bond donors (Lipinski definition) is 3. The number of benzene rings is 1. The number of amides is 1. The highest BCUT2D eigenvalue weighted by atomic mass is 16.3. The number of anilines is 1. The van der Waals surface area contributed by atoms with Gasteiger partial charge in [-0.25, -0.2) is 0 Å². The summed E-state index contributed by atoms with van der Waals surface area (Å²) in [4.78, 5) is 14.1. The second-order valence-corrected chi connectivity index (χ2v) is 4.41.